The fraction of sp³-hybridized carbons (Fsp3) is 0.235. The average molecular weight is 301 g/mol. The minimum atomic E-state index is -0.280. The molecular weight excluding hydrogens is 282 g/mol. The largest absolute Gasteiger partial charge is 0.508 e. The van der Waals surface area contributed by atoms with Crippen molar-refractivity contribution in [2.45, 2.75) is 13.8 Å². The first-order valence-corrected chi connectivity index (χ1v) is 7.14. The van der Waals surface area contributed by atoms with Crippen molar-refractivity contribution in [2.24, 2.45) is 0 Å². The average Bonchev–Trinajstić information content (AvgIpc) is 2.50. The molecule has 0 saturated heterocycles. The summed E-state index contributed by atoms with van der Waals surface area (Å²) in [5.41, 5.74) is 1.03. The van der Waals surface area contributed by atoms with Crippen LogP contribution in [-0.2, 0) is 0 Å². The van der Waals surface area contributed by atoms with Gasteiger partial charge in [0.05, 0.1) is 18.8 Å². The molecule has 0 aliphatic rings. The van der Waals surface area contributed by atoms with Gasteiger partial charge in [-0.05, 0) is 50.2 Å². The molecule has 0 aromatic heterocycles. The van der Waals surface area contributed by atoms with Gasteiger partial charge in [-0.1, -0.05) is 0 Å². The molecule has 0 bridgehead atoms. The van der Waals surface area contributed by atoms with Gasteiger partial charge >= 0.3 is 0 Å². The van der Waals surface area contributed by atoms with Gasteiger partial charge in [-0.2, -0.15) is 0 Å². The van der Waals surface area contributed by atoms with E-state index in [1.54, 1.807) is 30.3 Å². The van der Waals surface area contributed by atoms with Crippen LogP contribution in [0.1, 0.15) is 24.2 Å². The molecular formula is C17H19NO4. The van der Waals surface area contributed by atoms with Crippen LogP contribution in [0, 0.1) is 0 Å². The van der Waals surface area contributed by atoms with E-state index in [4.69, 9.17) is 9.47 Å². The zero-order chi connectivity index (χ0) is 15.9. The number of phenolic OH excluding ortho intramolecular Hbond substituents is 1. The smallest absolute Gasteiger partial charge is 0.259 e. The van der Waals surface area contributed by atoms with Crippen molar-refractivity contribution in [3.63, 3.8) is 0 Å². The van der Waals surface area contributed by atoms with Crippen molar-refractivity contribution in [3.05, 3.63) is 48.0 Å². The van der Waals surface area contributed by atoms with Gasteiger partial charge in [0.15, 0.2) is 0 Å². The second-order valence-corrected chi connectivity index (χ2v) is 4.52. The molecule has 0 fully saturated rings. The summed E-state index contributed by atoms with van der Waals surface area (Å²) in [7, 11) is 0. The zero-order valence-electron chi connectivity index (χ0n) is 12.6. The van der Waals surface area contributed by atoms with Gasteiger partial charge in [0, 0.05) is 11.8 Å². The quantitative estimate of drug-likeness (QED) is 0.802. The van der Waals surface area contributed by atoms with Crippen LogP contribution in [0.15, 0.2) is 42.5 Å². The summed E-state index contributed by atoms with van der Waals surface area (Å²) >= 11 is 0. The predicted octanol–water partition coefficient (Wildman–Crippen LogP) is 3.44. The maximum Gasteiger partial charge on any atom is 0.259 e. The molecule has 0 aliphatic heterocycles. The van der Waals surface area contributed by atoms with Crippen molar-refractivity contribution in [1.29, 1.82) is 0 Å². The minimum Gasteiger partial charge on any atom is -0.508 e. The Morgan fingerprint density at radius 2 is 1.73 bits per heavy atom. The molecule has 0 atom stereocenters. The van der Waals surface area contributed by atoms with Crippen LogP contribution in [0.4, 0.5) is 5.69 Å². The first-order valence-electron chi connectivity index (χ1n) is 7.14. The van der Waals surface area contributed by atoms with Crippen molar-refractivity contribution in [1.82, 2.24) is 0 Å². The molecule has 0 saturated carbocycles. The van der Waals surface area contributed by atoms with Gasteiger partial charge in [0.25, 0.3) is 5.91 Å². The SMILES string of the molecule is CCOc1ccc(C(=O)Nc2ccc(O)cc2)c(OCC)c1. The molecule has 0 aliphatic carbocycles. The molecule has 22 heavy (non-hydrogen) atoms. The second kappa shape index (κ2) is 7.36. The van der Waals surface area contributed by atoms with E-state index in [2.05, 4.69) is 5.32 Å². The standard InChI is InChI=1S/C17H19NO4/c1-3-21-14-9-10-15(16(11-14)22-4-2)17(20)18-12-5-7-13(19)8-6-12/h5-11,19H,3-4H2,1-2H3,(H,18,20). The van der Waals surface area contributed by atoms with E-state index in [0.717, 1.165) is 0 Å². The lowest BCUT2D eigenvalue weighted by atomic mass is 10.1. The van der Waals surface area contributed by atoms with Crippen LogP contribution in [0.5, 0.6) is 17.2 Å². The fourth-order valence-corrected chi connectivity index (χ4v) is 1.96. The lowest BCUT2D eigenvalue weighted by Gasteiger charge is -2.12. The minimum absolute atomic E-state index is 0.147. The van der Waals surface area contributed by atoms with Crippen LogP contribution in [-0.4, -0.2) is 24.2 Å². The van der Waals surface area contributed by atoms with Crippen LogP contribution in [0.25, 0.3) is 0 Å². The van der Waals surface area contributed by atoms with Gasteiger partial charge in [0.1, 0.15) is 17.2 Å². The molecule has 2 aromatic carbocycles. The Bertz CT molecular complexity index is 638. The summed E-state index contributed by atoms with van der Waals surface area (Å²) in [6.07, 6.45) is 0. The van der Waals surface area contributed by atoms with Crippen molar-refractivity contribution in [3.8, 4) is 17.2 Å². The number of benzene rings is 2. The highest BCUT2D eigenvalue weighted by Gasteiger charge is 2.14. The monoisotopic (exact) mass is 301 g/mol. The number of nitrogens with one attached hydrogen (secondary N) is 1. The van der Waals surface area contributed by atoms with E-state index >= 15 is 0 Å². The van der Waals surface area contributed by atoms with Crippen LogP contribution < -0.4 is 14.8 Å². The molecule has 1 amide bonds. The highest BCUT2D eigenvalue weighted by atomic mass is 16.5. The third-order valence-electron chi connectivity index (χ3n) is 2.93. The first kappa shape index (κ1) is 15.7. The Morgan fingerprint density at radius 3 is 2.36 bits per heavy atom. The van der Waals surface area contributed by atoms with Gasteiger partial charge in [-0.15, -0.1) is 0 Å². The van der Waals surface area contributed by atoms with E-state index in [9.17, 15) is 9.90 Å². The fourth-order valence-electron chi connectivity index (χ4n) is 1.96. The van der Waals surface area contributed by atoms with Crippen molar-refractivity contribution < 1.29 is 19.4 Å². The normalized spacial score (nSPS) is 10.1. The molecule has 0 unspecified atom stereocenters. The number of carbonyl (C=O) groups is 1. The molecule has 2 N–H and O–H groups in total. The number of anilines is 1. The Kier molecular flexibility index (Phi) is 5.25. The van der Waals surface area contributed by atoms with Crippen molar-refractivity contribution >= 4 is 11.6 Å². The number of rotatable bonds is 6. The molecule has 2 aromatic rings. The lowest BCUT2D eigenvalue weighted by molar-refractivity contribution is 0.102. The van der Waals surface area contributed by atoms with Crippen molar-refractivity contribution in [2.75, 3.05) is 18.5 Å². The first-order chi connectivity index (χ1) is 10.6. The molecule has 0 radical (unpaired) electrons. The third-order valence-corrected chi connectivity index (χ3v) is 2.93. The number of aromatic hydroxyl groups is 1. The number of carbonyl (C=O) groups excluding carboxylic acids is 1. The molecule has 5 heteroatoms. The number of hydrogen-bond acceptors (Lipinski definition) is 4. The molecule has 2 rings (SSSR count). The molecule has 0 spiro atoms. The molecule has 5 nitrogen and oxygen atoms in total. The summed E-state index contributed by atoms with van der Waals surface area (Å²) in [6.45, 7) is 4.75. The summed E-state index contributed by atoms with van der Waals surface area (Å²) in [5.74, 6) is 1.00. The number of amides is 1. The van der Waals surface area contributed by atoms with Crippen LogP contribution in [0.2, 0.25) is 0 Å². The van der Waals surface area contributed by atoms with E-state index < -0.39 is 0 Å². The third kappa shape index (κ3) is 3.91. The van der Waals surface area contributed by atoms with Crippen LogP contribution in [0.3, 0.4) is 0 Å². The van der Waals surface area contributed by atoms with E-state index in [0.29, 0.717) is 36.0 Å². The van der Waals surface area contributed by atoms with Crippen LogP contribution >= 0.6 is 0 Å². The van der Waals surface area contributed by atoms with Gasteiger partial charge in [-0.25, -0.2) is 0 Å². The predicted molar refractivity (Wildman–Crippen MR) is 84.8 cm³/mol. The Hall–Kier alpha value is -2.69. The highest BCUT2D eigenvalue weighted by molar-refractivity contribution is 6.06. The van der Waals surface area contributed by atoms with Gasteiger partial charge in [-0.3, -0.25) is 4.79 Å². The molecule has 116 valence electrons. The number of phenols is 1. The Labute approximate surface area is 129 Å². The Balaban J connectivity index is 2.22. The number of ether oxygens (including phenoxy) is 2. The lowest BCUT2D eigenvalue weighted by Crippen LogP contribution is -2.13. The van der Waals surface area contributed by atoms with Gasteiger partial charge < -0.3 is 19.9 Å². The molecule has 0 heterocycles. The van der Waals surface area contributed by atoms with E-state index in [1.807, 2.05) is 13.8 Å². The topological polar surface area (TPSA) is 67.8 Å². The van der Waals surface area contributed by atoms with E-state index in [-0.39, 0.29) is 11.7 Å². The summed E-state index contributed by atoms with van der Waals surface area (Å²) in [6, 6.07) is 11.4. The zero-order valence-corrected chi connectivity index (χ0v) is 12.6. The van der Waals surface area contributed by atoms with E-state index in [1.165, 1.54) is 12.1 Å². The maximum atomic E-state index is 12.4. The Morgan fingerprint density at radius 1 is 1.05 bits per heavy atom. The number of hydrogen-bond donors (Lipinski definition) is 2. The summed E-state index contributed by atoms with van der Waals surface area (Å²) in [4.78, 5) is 12.4. The van der Waals surface area contributed by atoms with Gasteiger partial charge in [0.2, 0.25) is 0 Å². The second-order valence-electron chi connectivity index (χ2n) is 4.52. The summed E-state index contributed by atoms with van der Waals surface area (Å²) < 4.78 is 10.9. The summed E-state index contributed by atoms with van der Waals surface area (Å²) in [5, 5.41) is 12.0. The highest BCUT2D eigenvalue weighted by Crippen LogP contribution is 2.26. The maximum absolute atomic E-state index is 12.4.